The van der Waals surface area contributed by atoms with Gasteiger partial charge in [-0.3, -0.25) is 4.98 Å². The fraction of sp³-hybridized carbons (Fsp3) is 0.462. The Morgan fingerprint density at radius 3 is 2.85 bits per heavy atom. The van der Waals surface area contributed by atoms with Gasteiger partial charge in [-0.15, -0.1) is 5.10 Å². The number of anilines is 1. The Morgan fingerprint density at radius 2 is 2.03 bits per heavy atom. The molecule has 8 nitrogen and oxygen atoms in total. The summed E-state index contributed by atoms with van der Waals surface area (Å²) in [6, 6.07) is 7.18. The predicted octanol–water partition coefficient (Wildman–Crippen LogP) is 3.52. The molecule has 174 valence electrons. The lowest BCUT2D eigenvalue weighted by atomic mass is 9.85. The van der Waals surface area contributed by atoms with Crippen molar-refractivity contribution in [2.24, 2.45) is 11.8 Å². The number of aromatic nitrogens is 6. The summed E-state index contributed by atoms with van der Waals surface area (Å²) in [6.45, 7) is 3.75. The molecule has 1 aliphatic heterocycles. The van der Waals surface area contributed by atoms with E-state index in [4.69, 9.17) is 4.98 Å². The summed E-state index contributed by atoms with van der Waals surface area (Å²) in [5.41, 5.74) is 6.28. The van der Waals surface area contributed by atoms with E-state index in [-0.39, 0.29) is 0 Å². The average molecular weight is 455 g/mol. The minimum absolute atomic E-state index is 0.590. The Kier molecular flexibility index (Phi) is 4.86. The maximum absolute atomic E-state index is 4.78. The number of nitrogens with one attached hydrogen (secondary N) is 1. The lowest BCUT2D eigenvalue weighted by molar-refractivity contribution is 0.301. The first kappa shape index (κ1) is 20.1. The highest BCUT2D eigenvalue weighted by Crippen LogP contribution is 2.46. The molecule has 8 heteroatoms. The van der Waals surface area contributed by atoms with Crippen molar-refractivity contribution in [3.8, 4) is 11.3 Å². The van der Waals surface area contributed by atoms with E-state index >= 15 is 0 Å². The third-order valence-electron chi connectivity index (χ3n) is 7.79. The third-order valence-corrected chi connectivity index (χ3v) is 7.79. The zero-order valence-corrected chi connectivity index (χ0v) is 19.3. The van der Waals surface area contributed by atoms with Gasteiger partial charge in [0.2, 0.25) is 0 Å². The van der Waals surface area contributed by atoms with Crippen LogP contribution in [-0.4, -0.2) is 48.5 Å². The molecule has 0 bridgehead atoms. The lowest BCUT2D eigenvalue weighted by Crippen LogP contribution is -2.26. The zero-order chi connectivity index (χ0) is 22.5. The molecular formula is C26H30N8. The maximum atomic E-state index is 4.78. The number of piperidine rings is 1. The Balaban J connectivity index is 1.03. The molecule has 1 saturated heterocycles. The first-order chi connectivity index (χ1) is 16.8. The van der Waals surface area contributed by atoms with Gasteiger partial charge in [-0.2, -0.15) is 0 Å². The lowest BCUT2D eigenvalue weighted by Gasteiger charge is -2.25. The first-order valence-corrected chi connectivity index (χ1v) is 12.6. The molecule has 2 saturated carbocycles. The Morgan fingerprint density at radius 1 is 1.06 bits per heavy atom. The second kappa shape index (κ2) is 8.20. The van der Waals surface area contributed by atoms with Crippen LogP contribution in [0.15, 0.2) is 49.2 Å². The summed E-state index contributed by atoms with van der Waals surface area (Å²) in [4.78, 5) is 11.8. The van der Waals surface area contributed by atoms with Crippen molar-refractivity contribution in [1.29, 1.82) is 0 Å². The van der Waals surface area contributed by atoms with Gasteiger partial charge in [-0.1, -0.05) is 17.7 Å². The number of rotatable bonds is 8. The Hall–Kier alpha value is -3.26. The molecule has 2 atom stereocenters. The van der Waals surface area contributed by atoms with Crippen LogP contribution in [0.2, 0.25) is 0 Å². The van der Waals surface area contributed by atoms with Crippen LogP contribution in [0.25, 0.3) is 16.9 Å². The van der Waals surface area contributed by atoms with Gasteiger partial charge in [0, 0.05) is 43.3 Å². The summed E-state index contributed by atoms with van der Waals surface area (Å²) >= 11 is 0. The van der Waals surface area contributed by atoms with Crippen LogP contribution in [0.3, 0.4) is 0 Å². The van der Waals surface area contributed by atoms with Crippen molar-refractivity contribution in [1.82, 2.24) is 34.7 Å². The van der Waals surface area contributed by atoms with Gasteiger partial charge in [0.15, 0.2) is 0 Å². The van der Waals surface area contributed by atoms with Crippen LogP contribution in [0.1, 0.15) is 43.4 Å². The molecule has 2 unspecified atom stereocenters. The first-order valence-electron chi connectivity index (χ1n) is 12.6. The van der Waals surface area contributed by atoms with Gasteiger partial charge >= 0.3 is 0 Å². The fourth-order valence-corrected chi connectivity index (χ4v) is 5.50. The number of hydrogen-bond donors (Lipinski definition) is 1. The average Bonchev–Trinajstić information content (AvgIpc) is 3.17. The number of fused-ring (bicyclic) bond motifs is 2. The molecule has 4 aromatic rings. The molecule has 3 fully saturated rings. The maximum Gasteiger partial charge on any atom is 0.137 e. The van der Waals surface area contributed by atoms with E-state index in [0.717, 1.165) is 60.1 Å². The molecule has 0 radical (unpaired) electrons. The van der Waals surface area contributed by atoms with Crippen LogP contribution >= 0.6 is 0 Å². The van der Waals surface area contributed by atoms with E-state index in [1.807, 2.05) is 23.3 Å². The topological polar surface area (TPSA) is 76.2 Å². The molecule has 34 heavy (non-hydrogen) atoms. The molecular weight excluding hydrogens is 424 g/mol. The largest absolute Gasteiger partial charge is 0.367 e. The van der Waals surface area contributed by atoms with Crippen molar-refractivity contribution < 1.29 is 0 Å². The molecule has 2 aliphatic carbocycles. The Bertz CT molecular complexity index is 1320. The second-order valence-electron chi connectivity index (χ2n) is 10.2. The summed E-state index contributed by atoms with van der Waals surface area (Å²) in [5.74, 6) is 1.77. The highest BCUT2D eigenvalue weighted by Gasteiger charge is 2.46. The van der Waals surface area contributed by atoms with Gasteiger partial charge in [0.05, 0.1) is 30.3 Å². The number of imidazole rings is 1. The summed E-state index contributed by atoms with van der Waals surface area (Å²) in [6.07, 6.45) is 16.9. The van der Waals surface area contributed by atoms with Crippen molar-refractivity contribution in [2.45, 2.75) is 51.2 Å². The minimum atomic E-state index is 0.590. The monoisotopic (exact) mass is 454 g/mol. The summed E-state index contributed by atoms with van der Waals surface area (Å²) in [5, 5.41) is 12.4. The van der Waals surface area contributed by atoms with Gasteiger partial charge in [-0.25, -0.2) is 9.67 Å². The van der Waals surface area contributed by atoms with E-state index in [2.05, 4.69) is 60.5 Å². The highest BCUT2D eigenvalue weighted by molar-refractivity contribution is 5.64. The van der Waals surface area contributed by atoms with Crippen LogP contribution in [-0.2, 0) is 13.1 Å². The molecule has 0 spiro atoms. The summed E-state index contributed by atoms with van der Waals surface area (Å²) in [7, 11) is 0. The van der Waals surface area contributed by atoms with Gasteiger partial charge < -0.3 is 14.6 Å². The molecule has 3 aliphatic rings. The van der Waals surface area contributed by atoms with E-state index in [9.17, 15) is 0 Å². The van der Waals surface area contributed by atoms with Gasteiger partial charge in [0.1, 0.15) is 11.3 Å². The standard InChI is InChI=1S/C26H30N8/c1-2-18(3-1)10-27-11-19-4-5-26-29-22(15-32(26)14-19)16-33-17-24(30-31-33)21-8-23(13-28-12-21)34-7-6-20-9-25(20)34/h4-5,8,12-15,17-18,20,25,27H,1-3,6-7,9-11,16H2. The van der Waals surface area contributed by atoms with E-state index in [1.54, 1.807) is 0 Å². The second-order valence-corrected chi connectivity index (χ2v) is 10.2. The number of hydrogen-bond acceptors (Lipinski definition) is 6. The minimum Gasteiger partial charge on any atom is -0.367 e. The molecule has 0 aromatic carbocycles. The van der Waals surface area contributed by atoms with Crippen molar-refractivity contribution in [2.75, 3.05) is 18.0 Å². The number of pyridine rings is 2. The normalized spacial score (nSPS) is 21.7. The van der Waals surface area contributed by atoms with Crippen LogP contribution in [0.4, 0.5) is 5.69 Å². The molecule has 4 aromatic heterocycles. The SMILES string of the molecule is c1cc2nc(Cn3cc(-c4cncc(N5CCC6CC65)c4)nn3)cn2cc1CNCC1CCC1. The van der Waals surface area contributed by atoms with E-state index < -0.39 is 0 Å². The van der Waals surface area contributed by atoms with Crippen LogP contribution in [0.5, 0.6) is 0 Å². The fourth-order valence-electron chi connectivity index (χ4n) is 5.50. The highest BCUT2D eigenvalue weighted by atomic mass is 15.4. The summed E-state index contributed by atoms with van der Waals surface area (Å²) < 4.78 is 3.97. The van der Waals surface area contributed by atoms with E-state index in [1.165, 1.54) is 43.4 Å². The van der Waals surface area contributed by atoms with Crippen molar-refractivity contribution in [3.63, 3.8) is 0 Å². The molecule has 0 amide bonds. The molecule has 7 rings (SSSR count). The quantitative estimate of drug-likeness (QED) is 0.439. The van der Waals surface area contributed by atoms with Gasteiger partial charge in [-0.05, 0) is 61.8 Å². The van der Waals surface area contributed by atoms with E-state index in [0.29, 0.717) is 6.54 Å². The zero-order valence-electron chi connectivity index (χ0n) is 19.3. The molecule has 1 N–H and O–H groups in total. The molecule has 5 heterocycles. The van der Waals surface area contributed by atoms with Crippen LogP contribution in [0, 0.1) is 11.8 Å². The smallest absolute Gasteiger partial charge is 0.137 e. The third kappa shape index (κ3) is 3.86. The van der Waals surface area contributed by atoms with Crippen molar-refractivity contribution >= 4 is 11.3 Å². The number of nitrogens with zero attached hydrogens (tertiary/aromatic N) is 7. The predicted molar refractivity (Wildman–Crippen MR) is 130 cm³/mol. The van der Waals surface area contributed by atoms with Crippen molar-refractivity contribution in [3.05, 3.63) is 60.4 Å². The van der Waals surface area contributed by atoms with Crippen LogP contribution < -0.4 is 10.2 Å². The van der Waals surface area contributed by atoms with Gasteiger partial charge in [0.25, 0.3) is 0 Å². The Labute approximate surface area is 199 Å².